The van der Waals surface area contributed by atoms with Crippen LogP contribution in [0.4, 0.5) is 0 Å². The van der Waals surface area contributed by atoms with Crippen molar-refractivity contribution in [1.29, 1.82) is 0 Å². The van der Waals surface area contributed by atoms with Crippen LogP contribution in [0.3, 0.4) is 0 Å². The SMILES string of the molecule is C[C](C)=[Zr+2]([C]1=C([Si](C)(C)CCO[Si](C)(C)C)C=CC1)[CH]1C=Cc2ccccc21.[Cl-].[Cl-]. The Hall–Kier alpha value is 0.167. The van der Waals surface area contributed by atoms with E-state index in [1.165, 1.54) is 18.0 Å². The van der Waals surface area contributed by atoms with Crippen molar-refractivity contribution >= 4 is 25.7 Å². The van der Waals surface area contributed by atoms with Crippen molar-refractivity contribution in [3.63, 3.8) is 0 Å². The second kappa shape index (κ2) is 11.3. The maximum atomic E-state index is 6.24. The van der Waals surface area contributed by atoms with E-state index < -0.39 is 37.7 Å². The molecule has 0 amide bonds. The maximum absolute atomic E-state index is 6.24. The van der Waals surface area contributed by atoms with Gasteiger partial charge >= 0.3 is 183 Å². The summed E-state index contributed by atoms with van der Waals surface area (Å²) in [6, 6.07) is 10.3. The molecule has 0 fully saturated rings. The molecule has 1 aromatic rings. The molecular weight excluding hydrogens is 523 g/mol. The summed E-state index contributed by atoms with van der Waals surface area (Å²) in [4.78, 5) is 0. The molecule has 0 N–H and O–H groups in total. The Morgan fingerprint density at radius 1 is 1.03 bits per heavy atom. The first kappa shape index (κ1) is 28.2. The predicted molar refractivity (Wildman–Crippen MR) is 127 cm³/mol. The van der Waals surface area contributed by atoms with Crippen LogP contribution in [0.2, 0.25) is 38.8 Å². The van der Waals surface area contributed by atoms with Crippen LogP contribution in [-0.4, -0.2) is 26.2 Å². The molecule has 0 saturated carbocycles. The molecule has 0 aromatic heterocycles. The number of rotatable bonds is 7. The van der Waals surface area contributed by atoms with Crippen molar-refractivity contribution in [2.75, 3.05) is 6.61 Å². The predicted octanol–water partition coefficient (Wildman–Crippen LogP) is 0.906. The van der Waals surface area contributed by atoms with Crippen molar-refractivity contribution in [2.24, 2.45) is 0 Å². The van der Waals surface area contributed by atoms with Gasteiger partial charge in [0.1, 0.15) is 0 Å². The van der Waals surface area contributed by atoms with Crippen LogP contribution in [0.5, 0.6) is 0 Å². The topological polar surface area (TPSA) is 9.23 Å². The summed E-state index contributed by atoms with van der Waals surface area (Å²) >= 11 is -1.95. The van der Waals surface area contributed by atoms with Gasteiger partial charge in [-0.25, -0.2) is 0 Å². The zero-order chi connectivity index (χ0) is 20.5. The van der Waals surface area contributed by atoms with E-state index >= 15 is 0 Å². The average molecular weight is 559 g/mol. The minimum absolute atomic E-state index is 0. The Balaban J connectivity index is 0.00000225. The largest absolute Gasteiger partial charge is 1.00 e. The number of fused-ring (bicyclic) bond motifs is 1. The quantitative estimate of drug-likeness (QED) is 0.452. The first-order valence-corrected chi connectivity index (χ1v) is 21.1. The Morgan fingerprint density at radius 2 is 1.70 bits per heavy atom. The molecule has 164 valence electrons. The number of benzene rings is 1. The Morgan fingerprint density at radius 3 is 2.33 bits per heavy atom. The fourth-order valence-corrected chi connectivity index (χ4v) is 18.8. The van der Waals surface area contributed by atoms with Crippen molar-refractivity contribution in [2.45, 2.75) is 62.7 Å². The van der Waals surface area contributed by atoms with Crippen molar-refractivity contribution in [3.05, 3.63) is 62.1 Å². The first-order chi connectivity index (χ1) is 13.1. The molecule has 1 atom stereocenters. The van der Waals surface area contributed by atoms with Gasteiger partial charge in [0.05, 0.1) is 0 Å². The zero-order valence-corrected chi connectivity index (χ0v) is 25.5. The number of allylic oxidation sites excluding steroid dienone is 5. The van der Waals surface area contributed by atoms with Gasteiger partial charge < -0.3 is 24.8 Å². The van der Waals surface area contributed by atoms with Gasteiger partial charge in [-0.3, -0.25) is 0 Å². The van der Waals surface area contributed by atoms with Crippen LogP contribution in [0.25, 0.3) is 6.08 Å². The third kappa shape index (κ3) is 6.59. The Kier molecular flexibility index (Phi) is 10.7. The van der Waals surface area contributed by atoms with Gasteiger partial charge in [-0.2, -0.15) is 0 Å². The van der Waals surface area contributed by atoms with Gasteiger partial charge in [0, 0.05) is 0 Å². The average Bonchev–Trinajstić information content (AvgIpc) is 3.22. The van der Waals surface area contributed by atoms with E-state index in [-0.39, 0.29) is 24.8 Å². The molecule has 1 nitrogen and oxygen atoms in total. The van der Waals surface area contributed by atoms with Crippen molar-refractivity contribution in [1.82, 2.24) is 0 Å². The van der Waals surface area contributed by atoms with Crippen molar-refractivity contribution in [3.8, 4) is 0 Å². The van der Waals surface area contributed by atoms with Gasteiger partial charge in [0.15, 0.2) is 0 Å². The fourth-order valence-electron chi connectivity index (χ4n) is 4.44. The Labute approximate surface area is 206 Å². The molecule has 0 bridgehead atoms. The van der Waals surface area contributed by atoms with Crippen LogP contribution < -0.4 is 24.8 Å². The summed E-state index contributed by atoms with van der Waals surface area (Å²) < 4.78 is 10.5. The second-order valence-electron chi connectivity index (χ2n) is 9.97. The van der Waals surface area contributed by atoms with Gasteiger partial charge in [-0.1, -0.05) is 0 Å². The number of halogens is 2. The molecule has 0 radical (unpaired) electrons. The summed E-state index contributed by atoms with van der Waals surface area (Å²) in [7, 11) is -2.91. The monoisotopic (exact) mass is 556 g/mol. The minimum atomic E-state index is -1.95. The molecule has 0 spiro atoms. The third-order valence-electron chi connectivity index (χ3n) is 5.90. The molecule has 0 aliphatic heterocycles. The van der Waals surface area contributed by atoms with Gasteiger partial charge in [0.25, 0.3) is 0 Å². The van der Waals surface area contributed by atoms with Gasteiger partial charge in [-0.05, 0) is 0 Å². The van der Waals surface area contributed by atoms with Gasteiger partial charge in [-0.15, -0.1) is 0 Å². The summed E-state index contributed by atoms with van der Waals surface area (Å²) in [6.07, 6.45) is 11.1. The summed E-state index contributed by atoms with van der Waals surface area (Å²) in [5.41, 5.74) is 3.03. The van der Waals surface area contributed by atoms with Crippen LogP contribution in [0.15, 0.2) is 51.0 Å². The summed E-state index contributed by atoms with van der Waals surface area (Å²) in [5, 5.41) is 1.76. The minimum Gasteiger partial charge on any atom is -1.00 e. The molecule has 2 aliphatic carbocycles. The number of hydrogen-bond acceptors (Lipinski definition) is 1. The first-order valence-electron chi connectivity index (χ1n) is 10.6. The molecule has 6 heteroatoms. The van der Waals surface area contributed by atoms with Crippen LogP contribution in [0, 0.1) is 0 Å². The number of hydrogen-bond donors (Lipinski definition) is 0. The normalized spacial score (nSPS) is 17.2. The van der Waals surface area contributed by atoms with E-state index in [1.54, 1.807) is 14.0 Å². The molecule has 1 aromatic carbocycles. The standard InChI is InChI=1S/C12H23OSi2.C9H7.C3H6.2ClH.Zr/c1-14(2,3)13-10-11-15(4,5)12-8-6-7-9-12;1-2-5-9-7-3-6-8(9)4-1;1-3-2;;;/h6,8H,7,10-11H2,1-5H3;1-7H;1-2H3;2*1H;/q;;;;;+2/p-2. The van der Waals surface area contributed by atoms with E-state index in [4.69, 9.17) is 4.43 Å². The molecular formula is C24H36Cl2OSi2Zr. The van der Waals surface area contributed by atoms with Crippen LogP contribution in [-0.2, 0) is 25.7 Å². The molecule has 0 saturated heterocycles. The van der Waals surface area contributed by atoms with Crippen LogP contribution >= 0.6 is 0 Å². The van der Waals surface area contributed by atoms with E-state index in [2.05, 4.69) is 95.2 Å². The fraction of sp³-hybridized carbons (Fsp3) is 0.458. The van der Waals surface area contributed by atoms with Crippen LogP contribution in [0.1, 0.15) is 35.0 Å². The van der Waals surface area contributed by atoms with Gasteiger partial charge in [0.2, 0.25) is 0 Å². The van der Waals surface area contributed by atoms with E-state index in [9.17, 15) is 0 Å². The summed E-state index contributed by atoms with van der Waals surface area (Å²) in [6.45, 7) is 17.8. The zero-order valence-electron chi connectivity index (χ0n) is 19.5. The molecule has 2 aliphatic rings. The Bertz CT molecular complexity index is 875. The summed E-state index contributed by atoms with van der Waals surface area (Å²) in [5.74, 6) is 0. The van der Waals surface area contributed by atoms with E-state index in [0.29, 0.717) is 3.63 Å². The molecule has 0 heterocycles. The molecule has 1 unspecified atom stereocenters. The second-order valence-corrected chi connectivity index (χ2v) is 26.8. The van der Waals surface area contributed by atoms with Crippen molar-refractivity contribution < 1.29 is 50.5 Å². The molecule has 3 rings (SSSR count). The maximum Gasteiger partial charge on any atom is -1.00 e. The van der Waals surface area contributed by atoms with E-state index in [1.807, 2.05) is 3.28 Å². The molecule has 30 heavy (non-hydrogen) atoms. The smallest absolute Gasteiger partial charge is 1.00 e. The third-order valence-corrected chi connectivity index (χ3v) is 19.1. The van der Waals surface area contributed by atoms with E-state index in [0.717, 1.165) is 6.61 Å².